The van der Waals surface area contributed by atoms with Gasteiger partial charge in [0.25, 0.3) is 9.84 Å². The van der Waals surface area contributed by atoms with Crippen molar-refractivity contribution in [3.05, 3.63) is 23.8 Å². The quantitative estimate of drug-likeness (QED) is 0.813. The second kappa shape index (κ2) is 6.26. The third-order valence-corrected chi connectivity index (χ3v) is 4.09. The maximum atomic E-state index is 12.7. The van der Waals surface area contributed by atoms with Gasteiger partial charge in [0, 0.05) is 12.2 Å². The third-order valence-electron chi connectivity index (χ3n) is 2.50. The number of rotatable bonds is 3. The molecule has 0 heterocycles. The molecular formula is C13H17F3N2O4S. The van der Waals surface area contributed by atoms with E-state index in [2.05, 4.69) is 5.32 Å². The summed E-state index contributed by atoms with van der Waals surface area (Å²) < 4.78 is 66.1. The molecule has 0 aromatic heterocycles. The first-order valence-electron chi connectivity index (χ1n) is 6.40. The van der Waals surface area contributed by atoms with Crippen LogP contribution in [-0.2, 0) is 21.1 Å². The van der Waals surface area contributed by atoms with Crippen LogP contribution >= 0.6 is 0 Å². The molecule has 0 bridgehead atoms. The van der Waals surface area contributed by atoms with Gasteiger partial charge in [0.2, 0.25) is 0 Å². The van der Waals surface area contributed by atoms with Crippen molar-refractivity contribution in [3.63, 3.8) is 0 Å². The Labute approximate surface area is 131 Å². The minimum Gasteiger partial charge on any atom is -0.444 e. The molecule has 130 valence electrons. The molecule has 0 fully saturated rings. The van der Waals surface area contributed by atoms with Crippen molar-refractivity contribution in [3.8, 4) is 0 Å². The Bertz CT molecular complexity index is 694. The summed E-state index contributed by atoms with van der Waals surface area (Å²) in [5, 5.41) is 2.20. The second-order valence-corrected chi connectivity index (χ2v) is 7.58. The SMILES string of the molecule is CC(C)(C)OC(=O)NCc1cc(N)ccc1S(=O)(=O)C(F)(F)F. The topological polar surface area (TPSA) is 98.5 Å². The molecule has 1 aromatic carbocycles. The van der Waals surface area contributed by atoms with Crippen LogP contribution < -0.4 is 11.1 Å². The van der Waals surface area contributed by atoms with E-state index >= 15 is 0 Å². The fraction of sp³-hybridized carbons (Fsp3) is 0.462. The average Bonchev–Trinajstić information content (AvgIpc) is 2.32. The van der Waals surface area contributed by atoms with Crippen LogP contribution in [0.4, 0.5) is 23.7 Å². The molecule has 3 N–H and O–H groups in total. The van der Waals surface area contributed by atoms with E-state index in [1.54, 1.807) is 20.8 Å². The summed E-state index contributed by atoms with van der Waals surface area (Å²) in [6.45, 7) is 4.33. The predicted octanol–water partition coefficient (Wildman–Crippen LogP) is 2.59. The van der Waals surface area contributed by atoms with Gasteiger partial charge >= 0.3 is 11.6 Å². The van der Waals surface area contributed by atoms with Crippen molar-refractivity contribution < 1.29 is 31.1 Å². The number of amides is 1. The van der Waals surface area contributed by atoms with E-state index in [1.165, 1.54) is 0 Å². The fourth-order valence-electron chi connectivity index (χ4n) is 1.61. The van der Waals surface area contributed by atoms with Gasteiger partial charge in [0.15, 0.2) is 0 Å². The average molecular weight is 354 g/mol. The number of halogens is 3. The lowest BCUT2D eigenvalue weighted by Crippen LogP contribution is -2.33. The molecule has 23 heavy (non-hydrogen) atoms. The molecule has 0 spiro atoms. The zero-order valence-corrected chi connectivity index (χ0v) is 13.5. The number of hydrogen-bond donors (Lipinski definition) is 2. The fourth-order valence-corrected chi connectivity index (χ4v) is 2.58. The minimum atomic E-state index is -5.55. The van der Waals surface area contributed by atoms with Crippen molar-refractivity contribution in [2.75, 3.05) is 5.73 Å². The first kappa shape index (κ1) is 19.1. The molecule has 1 aromatic rings. The summed E-state index contributed by atoms with van der Waals surface area (Å²) in [6, 6.07) is 2.84. The number of nitrogens with one attached hydrogen (secondary N) is 1. The Morgan fingerprint density at radius 3 is 2.30 bits per heavy atom. The molecule has 0 aliphatic heterocycles. The van der Waals surface area contributed by atoms with Crippen molar-refractivity contribution in [1.29, 1.82) is 0 Å². The number of benzene rings is 1. The monoisotopic (exact) mass is 354 g/mol. The highest BCUT2D eigenvalue weighted by atomic mass is 32.2. The third kappa shape index (κ3) is 5.02. The van der Waals surface area contributed by atoms with Crippen molar-refractivity contribution in [2.24, 2.45) is 0 Å². The van der Waals surface area contributed by atoms with Crippen LogP contribution in [0.3, 0.4) is 0 Å². The summed E-state index contributed by atoms with van der Waals surface area (Å²) in [6.07, 6.45) is -0.893. The van der Waals surface area contributed by atoms with Crippen LogP contribution in [-0.4, -0.2) is 25.6 Å². The Balaban J connectivity index is 3.09. The number of nitrogen functional groups attached to an aromatic ring is 1. The highest BCUT2D eigenvalue weighted by Gasteiger charge is 2.47. The summed E-state index contributed by atoms with van der Waals surface area (Å²) >= 11 is 0. The summed E-state index contributed by atoms with van der Waals surface area (Å²) in [4.78, 5) is 10.6. The molecule has 1 rings (SSSR count). The molecule has 10 heteroatoms. The number of ether oxygens (including phenoxy) is 1. The molecular weight excluding hydrogens is 337 g/mol. The number of anilines is 1. The largest absolute Gasteiger partial charge is 0.501 e. The molecule has 0 saturated heterocycles. The van der Waals surface area contributed by atoms with Gasteiger partial charge in [-0.15, -0.1) is 0 Å². The van der Waals surface area contributed by atoms with Crippen LogP contribution in [0.1, 0.15) is 26.3 Å². The molecule has 0 aliphatic rings. The van der Waals surface area contributed by atoms with E-state index in [9.17, 15) is 26.4 Å². The van der Waals surface area contributed by atoms with Crippen LogP contribution in [0.15, 0.2) is 23.1 Å². The van der Waals surface area contributed by atoms with Gasteiger partial charge in [-0.05, 0) is 44.5 Å². The lowest BCUT2D eigenvalue weighted by atomic mass is 10.2. The normalized spacial score (nSPS) is 12.8. The van der Waals surface area contributed by atoms with Crippen LogP contribution in [0, 0.1) is 0 Å². The number of hydrogen-bond acceptors (Lipinski definition) is 5. The van der Waals surface area contributed by atoms with Crippen molar-refractivity contribution in [2.45, 2.75) is 43.3 Å². The van der Waals surface area contributed by atoms with E-state index in [-0.39, 0.29) is 11.3 Å². The van der Waals surface area contributed by atoms with Gasteiger partial charge in [-0.25, -0.2) is 13.2 Å². The Morgan fingerprint density at radius 2 is 1.83 bits per heavy atom. The zero-order chi connectivity index (χ0) is 18.1. The second-order valence-electron chi connectivity index (χ2n) is 5.67. The van der Waals surface area contributed by atoms with Crippen LogP contribution in [0.25, 0.3) is 0 Å². The molecule has 0 saturated carbocycles. The first-order chi connectivity index (χ1) is 10.2. The van der Waals surface area contributed by atoms with E-state index < -0.39 is 38.5 Å². The molecule has 0 atom stereocenters. The smallest absolute Gasteiger partial charge is 0.444 e. The standard InChI is InChI=1S/C13H17F3N2O4S/c1-12(2,3)22-11(19)18-7-8-6-9(17)4-5-10(8)23(20,21)13(14,15)16/h4-6H,7,17H2,1-3H3,(H,18,19). The number of alkyl carbamates (subject to hydrolysis) is 1. The highest BCUT2D eigenvalue weighted by Crippen LogP contribution is 2.32. The lowest BCUT2D eigenvalue weighted by molar-refractivity contribution is -0.0436. The first-order valence-corrected chi connectivity index (χ1v) is 7.89. The van der Waals surface area contributed by atoms with E-state index in [0.717, 1.165) is 18.2 Å². The van der Waals surface area contributed by atoms with Crippen molar-refractivity contribution in [1.82, 2.24) is 5.32 Å². The Kier molecular flexibility index (Phi) is 5.20. The molecule has 0 radical (unpaired) electrons. The van der Waals surface area contributed by atoms with Crippen LogP contribution in [0.2, 0.25) is 0 Å². The van der Waals surface area contributed by atoms with Gasteiger partial charge in [-0.2, -0.15) is 13.2 Å². The Morgan fingerprint density at radius 1 is 1.26 bits per heavy atom. The number of carbonyl (C=O) groups excluding carboxylic acids is 1. The highest BCUT2D eigenvalue weighted by molar-refractivity contribution is 7.92. The van der Waals surface area contributed by atoms with Crippen LogP contribution in [0.5, 0.6) is 0 Å². The number of sulfone groups is 1. The van der Waals surface area contributed by atoms with E-state index in [0.29, 0.717) is 0 Å². The van der Waals surface area contributed by atoms with Gasteiger partial charge in [-0.1, -0.05) is 0 Å². The maximum Gasteiger partial charge on any atom is 0.501 e. The van der Waals surface area contributed by atoms with Crippen molar-refractivity contribution >= 4 is 21.6 Å². The van der Waals surface area contributed by atoms with Gasteiger partial charge in [0.05, 0.1) is 4.90 Å². The minimum absolute atomic E-state index is 0.0621. The van der Waals surface area contributed by atoms with Gasteiger partial charge < -0.3 is 15.8 Å². The number of alkyl halides is 3. The maximum absolute atomic E-state index is 12.7. The van der Waals surface area contributed by atoms with Gasteiger partial charge in [-0.3, -0.25) is 0 Å². The number of carbonyl (C=O) groups is 1. The molecule has 0 aliphatic carbocycles. The Hall–Kier alpha value is -1.97. The molecule has 1 amide bonds. The van der Waals surface area contributed by atoms with E-state index in [1.807, 2.05) is 0 Å². The van der Waals surface area contributed by atoms with E-state index in [4.69, 9.17) is 10.5 Å². The van der Waals surface area contributed by atoms with Gasteiger partial charge in [0.1, 0.15) is 5.60 Å². The predicted molar refractivity (Wildman–Crippen MR) is 77.2 cm³/mol. The zero-order valence-electron chi connectivity index (χ0n) is 12.7. The molecule has 6 nitrogen and oxygen atoms in total. The molecule has 0 unspecified atom stereocenters. The summed E-state index contributed by atoms with van der Waals surface area (Å²) in [7, 11) is -5.55. The number of nitrogens with two attached hydrogens (primary N) is 1. The summed E-state index contributed by atoms with van der Waals surface area (Å²) in [5.74, 6) is 0. The summed E-state index contributed by atoms with van der Waals surface area (Å²) in [5.41, 5.74) is -1.01. The lowest BCUT2D eigenvalue weighted by Gasteiger charge is -2.20.